The molecular weight excluding hydrogens is 501 g/mol. The Balaban J connectivity index is 1.64. The number of unbranched alkanes of at least 4 members (excludes halogenated alkanes) is 1. The zero-order valence-electron chi connectivity index (χ0n) is 23.2. The zero-order valence-corrected chi connectivity index (χ0v) is 23.2. The van der Waals surface area contributed by atoms with Gasteiger partial charge in [0.1, 0.15) is 5.75 Å². The number of urea groups is 1. The first-order chi connectivity index (χ1) is 18.8. The molecule has 0 radical (unpaired) electrons. The normalized spacial score (nSPS) is 23.1. The number of β-amino-alcohol motifs (C(OH)–C–C–N with tert-alkyl or cyclic N) is 1. The van der Waals surface area contributed by atoms with Gasteiger partial charge in [0.15, 0.2) is 11.6 Å². The van der Waals surface area contributed by atoms with Gasteiger partial charge < -0.3 is 34.8 Å². The molecule has 8 nitrogen and oxygen atoms in total. The maximum absolute atomic E-state index is 15.4. The Hall–Kier alpha value is -2.72. The van der Waals surface area contributed by atoms with Crippen molar-refractivity contribution in [1.29, 1.82) is 0 Å². The van der Waals surface area contributed by atoms with Gasteiger partial charge in [-0.15, -0.1) is 0 Å². The van der Waals surface area contributed by atoms with E-state index in [0.717, 1.165) is 12.0 Å². The third kappa shape index (κ3) is 6.54. The lowest BCUT2D eigenvalue weighted by Crippen LogP contribution is -2.52. The number of halogens is 1. The average molecular weight is 544 g/mol. The fourth-order valence-electron chi connectivity index (χ4n) is 5.90. The molecule has 4 atom stereocenters. The highest BCUT2D eigenvalue weighted by atomic mass is 19.1. The summed E-state index contributed by atoms with van der Waals surface area (Å²) in [5.74, 6) is -0.327. The number of hydrogen-bond acceptors (Lipinski definition) is 6. The van der Waals surface area contributed by atoms with Gasteiger partial charge in [0, 0.05) is 51.4 Å². The molecule has 0 spiro atoms. The van der Waals surface area contributed by atoms with Gasteiger partial charge in [-0.3, -0.25) is 0 Å². The van der Waals surface area contributed by atoms with E-state index in [1.165, 1.54) is 6.07 Å². The van der Waals surface area contributed by atoms with Gasteiger partial charge in [-0.1, -0.05) is 30.3 Å². The molecular formula is C30H42FN3O5. The topological polar surface area (TPSA) is 94.5 Å². The van der Waals surface area contributed by atoms with Crippen LogP contribution in [-0.4, -0.2) is 85.1 Å². The van der Waals surface area contributed by atoms with Gasteiger partial charge in [0.25, 0.3) is 0 Å². The molecule has 2 aliphatic rings. The van der Waals surface area contributed by atoms with Crippen LogP contribution in [0.5, 0.6) is 11.5 Å². The Morgan fingerprint density at radius 3 is 2.64 bits per heavy atom. The molecule has 2 aromatic carbocycles. The highest BCUT2D eigenvalue weighted by Crippen LogP contribution is 2.45. The largest absolute Gasteiger partial charge is 0.454 e. The minimum Gasteiger partial charge on any atom is -0.454 e. The Kier molecular flexibility index (Phi) is 9.82. The molecule has 4 rings (SSSR count). The molecule has 214 valence electrons. The first-order valence-electron chi connectivity index (χ1n) is 13.9. The zero-order chi connectivity index (χ0) is 28.0. The number of ether oxygens (including phenoxy) is 2. The van der Waals surface area contributed by atoms with Crippen LogP contribution in [0.4, 0.5) is 9.18 Å². The van der Waals surface area contributed by atoms with Crippen molar-refractivity contribution in [1.82, 2.24) is 15.1 Å². The molecule has 0 aliphatic carbocycles. The van der Waals surface area contributed by atoms with Crippen molar-refractivity contribution in [3.63, 3.8) is 0 Å². The van der Waals surface area contributed by atoms with E-state index >= 15 is 4.39 Å². The number of likely N-dealkylation sites (tertiary alicyclic amines) is 2. The first kappa shape index (κ1) is 29.3. The van der Waals surface area contributed by atoms with Crippen LogP contribution in [0.2, 0.25) is 0 Å². The maximum Gasteiger partial charge on any atom is 0.320 e. The highest BCUT2D eigenvalue weighted by Gasteiger charge is 2.45. The standard InChI is InChI=1S/C30H42FN3O5/c1-21-10-4-5-14-27(21)39-28-23(12-8-13-24(28)31)30(37,15-6-7-17-38-3)22-11-9-16-33(18-22)29(36)34-19-25(32-2)26(35)20-34/h4-5,8,10,12-14,22,25-26,32,35,37H,6-7,9,11,15-20H2,1-3H3. The van der Waals surface area contributed by atoms with Crippen molar-refractivity contribution in [2.24, 2.45) is 5.92 Å². The number of nitrogens with one attached hydrogen (secondary N) is 1. The summed E-state index contributed by atoms with van der Waals surface area (Å²) in [5.41, 5.74) is -0.169. The molecule has 2 aliphatic heterocycles. The minimum absolute atomic E-state index is 0.0176. The summed E-state index contributed by atoms with van der Waals surface area (Å²) < 4.78 is 26.7. The number of likely N-dealkylation sites (N-methyl/N-ethyl adjacent to an activating group) is 1. The van der Waals surface area contributed by atoms with E-state index in [-0.39, 0.29) is 30.3 Å². The highest BCUT2D eigenvalue weighted by molar-refractivity contribution is 5.75. The summed E-state index contributed by atoms with van der Waals surface area (Å²) >= 11 is 0. The SMILES string of the molecule is CNC1CN(C(=O)N2CCCC(C(O)(CCCCOC)c3cccc(F)c3Oc3ccccc3C)C2)CC1O. The van der Waals surface area contributed by atoms with Gasteiger partial charge in [0.05, 0.1) is 17.7 Å². The lowest BCUT2D eigenvalue weighted by atomic mass is 9.73. The molecule has 0 bridgehead atoms. The van der Waals surface area contributed by atoms with Crippen LogP contribution in [-0.2, 0) is 10.3 Å². The van der Waals surface area contributed by atoms with Crippen LogP contribution in [0.1, 0.15) is 43.2 Å². The number of hydrogen-bond donors (Lipinski definition) is 3. The number of carbonyl (C=O) groups excluding carboxylic acids is 1. The number of para-hydroxylation sites is 2. The molecule has 39 heavy (non-hydrogen) atoms. The molecule has 2 fully saturated rings. The van der Waals surface area contributed by atoms with E-state index in [0.29, 0.717) is 63.2 Å². The summed E-state index contributed by atoms with van der Waals surface area (Å²) in [4.78, 5) is 16.9. The second-order valence-corrected chi connectivity index (χ2v) is 10.8. The summed E-state index contributed by atoms with van der Waals surface area (Å²) in [7, 11) is 3.42. The number of amides is 2. The van der Waals surface area contributed by atoms with Gasteiger partial charge in [-0.25, -0.2) is 9.18 Å². The molecule has 9 heteroatoms. The number of benzene rings is 2. The van der Waals surface area contributed by atoms with Crippen LogP contribution in [0.15, 0.2) is 42.5 Å². The van der Waals surface area contributed by atoms with E-state index in [1.807, 2.05) is 25.1 Å². The third-order valence-corrected chi connectivity index (χ3v) is 8.19. The molecule has 2 heterocycles. The van der Waals surface area contributed by atoms with Crippen LogP contribution in [0.3, 0.4) is 0 Å². The van der Waals surface area contributed by atoms with Crippen molar-refractivity contribution >= 4 is 6.03 Å². The molecule has 3 N–H and O–H groups in total. The summed E-state index contributed by atoms with van der Waals surface area (Å²) in [6.07, 6.45) is 2.57. The van der Waals surface area contributed by atoms with Gasteiger partial charge in [-0.05, 0) is 63.8 Å². The molecule has 2 aromatic rings. The third-order valence-electron chi connectivity index (χ3n) is 8.19. The van der Waals surface area contributed by atoms with Gasteiger partial charge >= 0.3 is 6.03 Å². The number of aryl methyl sites for hydroxylation is 1. The van der Waals surface area contributed by atoms with E-state index in [2.05, 4.69) is 5.32 Å². The molecule has 0 saturated carbocycles. The quantitative estimate of drug-likeness (QED) is 0.392. The van der Waals surface area contributed by atoms with Crippen molar-refractivity contribution in [2.45, 2.75) is 56.8 Å². The first-order valence-corrected chi connectivity index (χ1v) is 13.9. The number of methoxy groups -OCH3 is 1. The molecule has 0 aromatic heterocycles. The van der Waals surface area contributed by atoms with E-state index in [1.54, 1.807) is 42.2 Å². The van der Waals surface area contributed by atoms with Crippen molar-refractivity contribution in [3.8, 4) is 11.5 Å². The predicted molar refractivity (Wildman–Crippen MR) is 147 cm³/mol. The molecule has 2 saturated heterocycles. The Morgan fingerprint density at radius 1 is 1.13 bits per heavy atom. The smallest absolute Gasteiger partial charge is 0.320 e. The molecule has 2 amide bonds. The average Bonchev–Trinajstić information content (AvgIpc) is 3.33. The van der Waals surface area contributed by atoms with Gasteiger partial charge in [-0.2, -0.15) is 0 Å². The number of aliphatic hydroxyl groups excluding tert-OH is 1. The number of carbonyl (C=O) groups is 1. The Labute approximate surface area is 230 Å². The van der Waals surface area contributed by atoms with Crippen molar-refractivity contribution in [2.75, 3.05) is 46.9 Å². The molecule has 4 unspecified atom stereocenters. The van der Waals surface area contributed by atoms with Crippen LogP contribution in [0, 0.1) is 18.7 Å². The minimum atomic E-state index is -1.43. The number of aliphatic hydroxyl groups is 2. The second kappa shape index (κ2) is 13.1. The lowest BCUT2D eigenvalue weighted by molar-refractivity contribution is -0.0590. The van der Waals surface area contributed by atoms with Crippen molar-refractivity contribution in [3.05, 3.63) is 59.4 Å². The van der Waals surface area contributed by atoms with Crippen molar-refractivity contribution < 1.29 is 28.9 Å². The van der Waals surface area contributed by atoms with Crippen LogP contribution < -0.4 is 10.1 Å². The monoisotopic (exact) mass is 543 g/mol. The summed E-state index contributed by atoms with van der Waals surface area (Å²) in [6.45, 7) is 4.05. The van der Waals surface area contributed by atoms with E-state index in [9.17, 15) is 15.0 Å². The lowest BCUT2D eigenvalue weighted by Gasteiger charge is -2.44. The Bertz CT molecular complexity index is 1120. The second-order valence-electron chi connectivity index (χ2n) is 10.8. The fraction of sp³-hybridized carbons (Fsp3) is 0.567. The number of piperidine rings is 1. The van der Waals surface area contributed by atoms with Crippen LogP contribution in [0.25, 0.3) is 0 Å². The maximum atomic E-state index is 15.4. The van der Waals surface area contributed by atoms with Crippen LogP contribution >= 0.6 is 0 Å². The summed E-state index contributed by atoms with van der Waals surface area (Å²) in [6, 6.07) is 11.8. The Morgan fingerprint density at radius 2 is 1.92 bits per heavy atom. The number of rotatable bonds is 10. The number of nitrogens with zero attached hydrogens (tertiary/aromatic N) is 2. The predicted octanol–water partition coefficient (Wildman–Crippen LogP) is 4.03. The summed E-state index contributed by atoms with van der Waals surface area (Å²) in [5, 5.41) is 25.8. The fourth-order valence-corrected chi connectivity index (χ4v) is 5.90. The van der Waals surface area contributed by atoms with E-state index in [4.69, 9.17) is 9.47 Å². The van der Waals surface area contributed by atoms with E-state index < -0.39 is 17.5 Å². The van der Waals surface area contributed by atoms with Gasteiger partial charge in [0.2, 0.25) is 0 Å².